The van der Waals surface area contributed by atoms with Gasteiger partial charge < -0.3 is 10.6 Å². The first-order valence-corrected chi connectivity index (χ1v) is 7.04. The van der Waals surface area contributed by atoms with Crippen LogP contribution in [0.2, 0.25) is 0 Å². The Labute approximate surface area is 123 Å². The molecule has 0 fully saturated rings. The highest BCUT2D eigenvalue weighted by Gasteiger charge is 2.26. The zero-order valence-electron chi connectivity index (χ0n) is 11.8. The minimum Gasteiger partial charge on any atom is -0.324 e. The standard InChI is InChI=1S/C17H17FN2O/c1-11-14(18)7-4-8-15(11)20-17(21)16-13-6-3-2-5-12(13)9-10-19-16/h2-8,16,19H,9-10H2,1H3,(H,20,21). The molecule has 2 aromatic carbocycles. The minimum absolute atomic E-state index is 0.157. The second-order valence-corrected chi connectivity index (χ2v) is 5.24. The van der Waals surface area contributed by atoms with Crippen LogP contribution in [0.4, 0.5) is 10.1 Å². The molecule has 2 N–H and O–H groups in total. The summed E-state index contributed by atoms with van der Waals surface area (Å²) in [4.78, 5) is 12.5. The third kappa shape index (κ3) is 2.67. The molecule has 1 heterocycles. The van der Waals surface area contributed by atoms with Gasteiger partial charge in [0.05, 0.1) is 0 Å². The molecule has 4 heteroatoms. The first-order chi connectivity index (χ1) is 10.2. The van der Waals surface area contributed by atoms with E-state index in [9.17, 15) is 9.18 Å². The Morgan fingerprint density at radius 2 is 2.05 bits per heavy atom. The van der Waals surface area contributed by atoms with Gasteiger partial charge in [-0.15, -0.1) is 0 Å². The van der Waals surface area contributed by atoms with Crippen LogP contribution in [-0.2, 0) is 11.2 Å². The zero-order valence-corrected chi connectivity index (χ0v) is 11.8. The van der Waals surface area contributed by atoms with E-state index < -0.39 is 6.04 Å². The maximum absolute atomic E-state index is 13.5. The number of carbonyl (C=O) groups excluding carboxylic acids is 1. The van der Waals surface area contributed by atoms with Gasteiger partial charge in [-0.1, -0.05) is 30.3 Å². The average Bonchev–Trinajstić information content (AvgIpc) is 2.51. The van der Waals surface area contributed by atoms with Gasteiger partial charge in [0.2, 0.25) is 5.91 Å². The van der Waals surface area contributed by atoms with Crippen LogP contribution in [0.1, 0.15) is 22.7 Å². The van der Waals surface area contributed by atoms with Crippen LogP contribution < -0.4 is 10.6 Å². The van der Waals surface area contributed by atoms with Crippen LogP contribution in [-0.4, -0.2) is 12.5 Å². The predicted molar refractivity (Wildman–Crippen MR) is 80.7 cm³/mol. The number of amides is 1. The smallest absolute Gasteiger partial charge is 0.246 e. The number of nitrogens with one attached hydrogen (secondary N) is 2. The molecule has 1 unspecified atom stereocenters. The summed E-state index contributed by atoms with van der Waals surface area (Å²) in [6.45, 7) is 2.42. The van der Waals surface area contributed by atoms with E-state index in [0.29, 0.717) is 11.3 Å². The van der Waals surface area contributed by atoms with E-state index in [1.54, 1.807) is 19.1 Å². The highest BCUT2D eigenvalue weighted by atomic mass is 19.1. The molecule has 108 valence electrons. The molecule has 0 spiro atoms. The SMILES string of the molecule is Cc1c(F)cccc1NC(=O)C1NCCc2ccccc21. The minimum atomic E-state index is -0.391. The first-order valence-electron chi connectivity index (χ1n) is 7.04. The molecule has 1 atom stereocenters. The third-order valence-corrected chi connectivity index (χ3v) is 3.90. The molecule has 0 saturated heterocycles. The Hall–Kier alpha value is -2.20. The van der Waals surface area contributed by atoms with Crippen LogP contribution >= 0.6 is 0 Å². The van der Waals surface area contributed by atoms with Gasteiger partial charge >= 0.3 is 0 Å². The Balaban J connectivity index is 1.85. The number of hydrogen-bond donors (Lipinski definition) is 2. The van der Waals surface area contributed by atoms with E-state index >= 15 is 0 Å². The number of anilines is 1. The molecule has 1 amide bonds. The van der Waals surface area contributed by atoms with E-state index in [2.05, 4.69) is 10.6 Å². The van der Waals surface area contributed by atoms with Crippen molar-refractivity contribution in [2.75, 3.05) is 11.9 Å². The molecule has 3 nitrogen and oxygen atoms in total. The van der Waals surface area contributed by atoms with Gasteiger partial charge in [-0.25, -0.2) is 4.39 Å². The second kappa shape index (κ2) is 5.66. The van der Waals surface area contributed by atoms with Crippen molar-refractivity contribution >= 4 is 11.6 Å². The summed E-state index contributed by atoms with van der Waals surface area (Å²) in [6, 6.07) is 12.2. The lowest BCUT2D eigenvalue weighted by atomic mass is 9.94. The Morgan fingerprint density at radius 3 is 2.90 bits per heavy atom. The lowest BCUT2D eigenvalue weighted by Gasteiger charge is -2.26. The Morgan fingerprint density at radius 1 is 1.24 bits per heavy atom. The van der Waals surface area contributed by atoms with Crippen molar-refractivity contribution in [1.82, 2.24) is 5.32 Å². The fourth-order valence-corrected chi connectivity index (χ4v) is 2.69. The molecule has 2 aromatic rings. The number of rotatable bonds is 2. The predicted octanol–water partition coefficient (Wildman–Crippen LogP) is 2.96. The quantitative estimate of drug-likeness (QED) is 0.890. The lowest BCUT2D eigenvalue weighted by molar-refractivity contribution is -0.118. The lowest BCUT2D eigenvalue weighted by Crippen LogP contribution is -2.38. The summed E-state index contributed by atoms with van der Waals surface area (Å²) in [6.07, 6.45) is 0.916. The van der Waals surface area contributed by atoms with Crippen LogP contribution in [0.15, 0.2) is 42.5 Å². The van der Waals surface area contributed by atoms with Crippen molar-refractivity contribution in [2.24, 2.45) is 0 Å². The van der Waals surface area contributed by atoms with Crippen LogP contribution in [0.25, 0.3) is 0 Å². The summed E-state index contributed by atoms with van der Waals surface area (Å²) in [5.41, 5.74) is 3.16. The molecule has 0 aliphatic carbocycles. The van der Waals surface area contributed by atoms with Crippen LogP contribution in [0.3, 0.4) is 0 Å². The summed E-state index contributed by atoms with van der Waals surface area (Å²) < 4.78 is 13.5. The molecule has 0 radical (unpaired) electrons. The third-order valence-electron chi connectivity index (χ3n) is 3.90. The van der Waals surface area contributed by atoms with E-state index in [1.165, 1.54) is 11.6 Å². The van der Waals surface area contributed by atoms with Gasteiger partial charge in [0.1, 0.15) is 11.9 Å². The molecule has 0 bridgehead atoms. The topological polar surface area (TPSA) is 41.1 Å². The van der Waals surface area contributed by atoms with Gasteiger partial charge in [0.15, 0.2) is 0 Å². The van der Waals surface area contributed by atoms with Crippen LogP contribution in [0.5, 0.6) is 0 Å². The monoisotopic (exact) mass is 284 g/mol. The van der Waals surface area contributed by atoms with E-state index in [4.69, 9.17) is 0 Å². The summed E-state index contributed by atoms with van der Waals surface area (Å²) in [7, 11) is 0. The van der Waals surface area contributed by atoms with Gasteiger partial charge in [0, 0.05) is 17.8 Å². The Bertz CT molecular complexity index is 684. The molecule has 3 rings (SSSR count). The molecule has 1 aliphatic rings. The fourth-order valence-electron chi connectivity index (χ4n) is 2.69. The maximum Gasteiger partial charge on any atom is 0.246 e. The van der Waals surface area contributed by atoms with Gasteiger partial charge in [-0.3, -0.25) is 4.79 Å². The van der Waals surface area contributed by atoms with E-state index in [0.717, 1.165) is 18.5 Å². The zero-order chi connectivity index (χ0) is 14.8. The highest BCUT2D eigenvalue weighted by Crippen LogP contribution is 2.25. The fraction of sp³-hybridized carbons (Fsp3) is 0.235. The van der Waals surface area contributed by atoms with Gasteiger partial charge in [0.25, 0.3) is 0 Å². The van der Waals surface area contributed by atoms with Crippen molar-refractivity contribution < 1.29 is 9.18 Å². The van der Waals surface area contributed by atoms with Crippen molar-refractivity contribution in [2.45, 2.75) is 19.4 Å². The second-order valence-electron chi connectivity index (χ2n) is 5.24. The van der Waals surface area contributed by atoms with Crippen molar-refractivity contribution in [1.29, 1.82) is 0 Å². The number of benzene rings is 2. The van der Waals surface area contributed by atoms with Gasteiger partial charge in [-0.2, -0.15) is 0 Å². The summed E-state index contributed by atoms with van der Waals surface area (Å²) in [5, 5.41) is 6.04. The molecule has 21 heavy (non-hydrogen) atoms. The van der Waals surface area contributed by atoms with Crippen molar-refractivity contribution in [3.63, 3.8) is 0 Å². The average molecular weight is 284 g/mol. The number of halogens is 1. The molecule has 1 aliphatic heterocycles. The van der Waals surface area contributed by atoms with Gasteiger partial charge in [-0.05, 0) is 36.6 Å². The van der Waals surface area contributed by atoms with Crippen molar-refractivity contribution in [3.8, 4) is 0 Å². The summed E-state index contributed by atoms with van der Waals surface area (Å²) in [5.74, 6) is -0.472. The highest BCUT2D eigenvalue weighted by molar-refractivity contribution is 5.96. The summed E-state index contributed by atoms with van der Waals surface area (Å²) >= 11 is 0. The first kappa shape index (κ1) is 13.8. The molecular weight excluding hydrogens is 267 g/mol. The van der Waals surface area contributed by atoms with E-state index in [-0.39, 0.29) is 11.7 Å². The van der Waals surface area contributed by atoms with E-state index in [1.807, 2.05) is 24.3 Å². The van der Waals surface area contributed by atoms with Crippen LogP contribution in [0, 0.1) is 12.7 Å². The molecule has 0 aromatic heterocycles. The molecular formula is C17H17FN2O. The number of hydrogen-bond acceptors (Lipinski definition) is 2. The molecule has 0 saturated carbocycles. The number of carbonyl (C=O) groups is 1. The van der Waals surface area contributed by atoms with Crippen molar-refractivity contribution in [3.05, 3.63) is 65.0 Å². The number of fused-ring (bicyclic) bond motifs is 1. The normalized spacial score (nSPS) is 17.1. The largest absolute Gasteiger partial charge is 0.324 e. The Kier molecular flexibility index (Phi) is 3.71. The maximum atomic E-state index is 13.5.